The average Bonchev–Trinajstić information content (AvgIpc) is 2.90. The van der Waals surface area contributed by atoms with Crippen LogP contribution in [0.4, 0.5) is 10.5 Å². The Balaban J connectivity index is 1.38. The van der Waals surface area contributed by atoms with E-state index < -0.39 is 0 Å². The van der Waals surface area contributed by atoms with Gasteiger partial charge in [0.05, 0.1) is 12.2 Å². The number of para-hydroxylation sites is 1. The highest BCUT2D eigenvalue weighted by molar-refractivity contribution is 5.75. The molecule has 1 aliphatic carbocycles. The normalized spacial score (nSPS) is 20.4. The van der Waals surface area contributed by atoms with E-state index in [2.05, 4.69) is 39.6 Å². The van der Waals surface area contributed by atoms with Crippen LogP contribution in [0.3, 0.4) is 0 Å². The zero-order valence-electron chi connectivity index (χ0n) is 15.4. The Morgan fingerprint density at radius 2 is 1.96 bits per heavy atom. The highest BCUT2D eigenvalue weighted by Crippen LogP contribution is 2.29. The van der Waals surface area contributed by atoms with Crippen LogP contribution in [0.5, 0.6) is 0 Å². The van der Waals surface area contributed by atoms with Gasteiger partial charge in [0, 0.05) is 50.2 Å². The maximum absolute atomic E-state index is 12.8. The van der Waals surface area contributed by atoms with E-state index in [-0.39, 0.29) is 12.1 Å². The number of nitrogens with one attached hydrogen (secondary N) is 1. The molecule has 0 bridgehead atoms. The molecule has 1 unspecified atom stereocenters. The molecule has 6 nitrogen and oxygen atoms in total. The fraction of sp³-hybridized carbons (Fsp3) is 0.500. The summed E-state index contributed by atoms with van der Waals surface area (Å²) in [6, 6.07) is 10.6. The number of urea groups is 1. The number of benzene rings is 1. The minimum absolute atomic E-state index is 0.0571. The Labute approximate surface area is 154 Å². The van der Waals surface area contributed by atoms with E-state index in [1.165, 1.54) is 16.9 Å². The SMILES string of the molecule is Cn1ncc2c1CCCC2NC(=O)N1CCCN(c2ccccc2)CC1. The third-order valence-electron chi connectivity index (χ3n) is 5.58. The van der Waals surface area contributed by atoms with E-state index in [0.29, 0.717) is 0 Å². The maximum Gasteiger partial charge on any atom is 0.317 e. The fourth-order valence-electron chi connectivity index (χ4n) is 4.11. The Morgan fingerprint density at radius 3 is 2.81 bits per heavy atom. The van der Waals surface area contributed by atoms with Crippen molar-refractivity contribution in [3.63, 3.8) is 0 Å². The lowest BCUT2D eigenvalue weighted by Gasteiger charge is -2.28. The third-order valence-corrected chi connectivity index (χ3v) is 5.58. The highest BCUT2D eigenvalue weighted by Gasteiger charge is 2.27. The molecule has 2 aliphatic rings. The van der Waals surface area contributed by atoms with Gasteiger partial charge in [-0.15, -0.1) is 0 Å². The lowest BCUT2D eigenvalue weighted by molar-refractivity contribution is 0.196. The third kappa shape index (κ3) is 3.41. The molecule has 0 radical (unpaired) electrons. The second-order valence-electron chi connectivity index (χ2n) is 7.23. The summed E-state index contributed by atoms with van der Waals surface area (Å²) in [6.07, 6.45) is 6.05. The second-order valence-corrected chi connectivity index (χ2v) is 7.23. The number of hydrogen-bond donors (Lipinski definition) is 1. The minimum atomic E-state index is 0.0571. The van der Waals surface area contributed by atoms with Crippen molar-refractivity contribution < 1.29 is 4.79 Å². The first kappa shape index (κ1) is 16.9. The van der Waals surface area contributed by atoms with Crippen LogP contribution in [0, 0.1) is 0 Å². The number of fused-ring (bicyclic) bond motifs is 1. The van der Waals surface area contributed by atoms with Crippen molar-refractivity contribution >= 4 is 11.7 Å². The minimum Gasteiger partial charge on any atom is -0.370 e. The molecule has 1 aromatic carbocycles. The zero-order valence-corrected chi connectivity index (χ0v) is 15.4. The lowest BCUT2D eigenvalue weighted by Crippen LogP contribution is -2.44. The molecule has 6 heteroatoms. The van der Waals surface area contributed by atoms with E-state index >= 15 is 0 Å². The summed E-state index contributed by atoms with van der Waals surface area (Å²) in [5.74, 6) is 0. The topological polar surface area (TPSA) is 53.4 Å². The number of aryl methyl sites for hydroxylation is 1. The number of aromatic nitrogens is 2. The van der Waals surface area contributed by atoms with Crippen LogP contribution >= 0.6 is 0 Å². The van der Waals surface area contributed by atoms with E-state index in [4.69, 9.17) is 0 Å². The molecule has 1 atom stereocenters. The van der Waals surface area contributed by atoms with Gasteiger partial charge in [0.1, 0.15) is 0 Å². The van der Waals surface area contributed by atoms with Crippen molar-refractivity contribution in [2.24, 2.45) is 7.05 Å². The van der Waals surface area contributed by atoms with Crippen molar-refractivity contribution in [1.29, 1.82) is 0 Å². The summed E-state index contributed by atoms with van der Waals surface area (Å²) in [7, 11) is 1.98. The Morgan fingerprint density at radius 1 is 1.12 bits per heavy atom. The lowest BCUT2D eigenvalue weighted by atomic mass is 9.93. The summed E-state index contributed by atoms with van der Waals surface area (Å²) < 4.78 is 1.94. The summed E-state index contributed by atoms with van der Waals surface area (Å²) in [6.45, 7) is 3.43. The largest absolute Gasteiger partial charge is 0.370 e. The number of nitrogens with zero attached hydrogens (tertiary/aromatic N) is 4. The second kappa shape index (κ2) is 7.40. The van der Waals surface area contributed by atoms with Crippen LogP contribution in [0.1, 0.15) is 36.6 Å². The molecule has 1 saturated heterocycles. The Kier molecular flexibility index (Phi) is 4.82. The number of carbonyl (C=O) groups is 1. The molecule has 1 aromatic heterocycles. The molecule has 2 aromatic rings. The highest BCUT2D eigenvalue weighted by atomic mass is 16.2. The van der Waals surface area contributed by atoms with Crippen molar-refractivity contribution in [3.8, 4) is 0 Å². The van der Waals surface area contributed by atoms with Crippen LogP contribution < -0.4 is 10.2 Å². The van der Waals surface area contributed by atoms with Crippen LogP contribution in [0.2, 0.25) is 0 Å². The first-order valence-corrected chi connectivity index (χ1v) is 9.58. The number of amides is 2. The molecule has 0 saturated carbocycles. The fourth-order valence-corrected chi connectivity index (χ4v) is 4.11. The zero-order chi connectivity index (χ0) is 17.9. The number of carbonyl (C=O) groups excluding carboxylic acids is 1. The van der Waals surface area contributed by atoms with Gasteiger partial charge in [-0.3, -0.25) is 4.68 Å². The first-order chi connectivity index (χ1) is 12.7. The van der Waals surface area contributed by atoms with Gasteiger partial charge in [0.2, 0.25) is 0 Å². The molecule has 0 spiro atoms. The molecule has 138 valence electrons. The van der Waals surface area contributed by atoms with Gasteiger partial charge in [-0.2, -0.15) is 5.10 Å². The summed E-state index contributed by atoms with van der Waals surface area (Å²) in [5, 5.41) is 7.63. The quantitative estimate of drug-likeness (QED) is 0.903. The van der Waals surface area contributed by atoms with Gasteiger partial charge in [-0.25, -0.2) is 4.79 Å². The molecule has 2 heterocycles. The van der Waals surface area contributed by atoms with Gasteiger partial charge in [0.15, 0.2) is 0 Å². The molecule has 1 aliphatic heterocycles. The van der Waals surface area contributed by atoms with Gasteiger partial charge < -0.3 is 15.1 Å². The molecular weight excluding hydrogens is 326 g/mol. The average molecular weight is 353 g/mol. The summed E-state index contributed by atoms with van der Waals surface area (Å²) in [4.78, 5) is 17.2. The molecular formula is C20H27N5O. The number of rotatable bonds is 2. The Bertz CT molecular complexity index is 757. The number of anilines is 1. The standard InChI is InChI=1S/C20H27N5O/c1-23-19-10-5-9-18(17(19)15-21-23)22-20(26)25-12-6-11-24(13-14-25)16-7-3-2-4-8-16/h2-4,7-8,15,18H,5-6,9-14H2,1H3,(H,22,26). The van der Waals surface area contributed by atoms with Gasteiger partial charge in [0.25, 0.3) is 0 Å². The number of hydrogen-bond acceptors (Lipinski definition) is 3. The van der Waals surface area contributed by atoms with Gasteiger partial charge in [-0.05, 0) is 37.8 Å². The van der Waals surface area contributed by atoms with Crippen LogP contribution in [0.15, 0.2) is 36.5 Å². The molecule has 4 rings (SSSR count). The van der Waals surface area contributed by atoms with Crippen molar-refractivity contribution in [1.82, 2.24) is 20.0 Å². The van der Waals surface area contributed by atoms with Crippen LogP contribution in [0.25, 0.3) is 0 Å². The first-order valence-electron chi connectivity index (χ1n) is 9.58. The predicted octanol–water partition coefficient (Wildman–Crippen LogP) is 2.72. The maximum atomic E-state index is 12.8. The van der Waals surface area contributed by atoms with Gasteiger partial charge in [-0.1, -0.05) is 18.2 Å². The van der Waals surface area contributed by atoms with E-state index in [1.54, 1.807) is 0 Å². The summed E-state index contributed by atoms with van der Waals surface area (Å²) >= 11 is 0. The Hall–Kier alpha value is -2.50. The van der Waals surface area contributed by atoms with Crippen LogP contribution in [-0.2, 0) is 13.5 Å². The van der Waals surface area contributed by atoms with Crippen molar-refractivity contribution in [2.45, 2.75) is 31.7 Å². The molecule has 2 amide bonds. The van der Waals surface area contributed by atoms with Gasteiger partial charge >= 0.3 is 6.03 Å². The predicted molar refractivity (Wildman–Crippen MR) is 102 cm³/mol. The molecule has 1 N–H and O–H groups in total. The van der Waals surface area contributed by atoms with Crippen LogP contribution in [-0.4, -0.2) is 46.9 Å². The molecule has 1 fully saturated rings. The van der Waals surface area contributed by atoms with E-state index in [1.807, 2.05) is 28.9 Å². The van der Waals surface area contributed by atoms with E-state index in [9.17, 15) is 4.79 Å². The van der Waals surface area contributed by atoms with Crippen molar-refractivity contribution in [3.05, 3.63) is 47.8 Å². The van der Waals surface area contributed by atoms with E-state index in [0.717, 1.165) is 51.9 Å². The monoisotopic (exact) mass is 353 g/mol. The van der Waals surface area contributed by atoms with Crippen molar-refractivity contribution in [2.75, 3.05) is 31.1 Å². The smallest absolute Gasteiger partial charge is 0.317 e. The molecule has 26 heavy (non-hydrogen) atoms. The summed E-state index contributed by atoms with van der Waals surface area (Å²) in [5.41, 5.74) is 3.68.